The summed E-state index contributed by atoms with van der Waals surface area (Å²) in [5.41, 5.74) is 3.22. The highest BCUT2D eigenvalue weighted by atomic mass is 19.3. The van der Waals surface area contributed by atoms with Crippen LogP contribution in [0.5, 0.6) is 0 Å². The number of hydrogen-bond acceptors (Lipinski definition) is 3. The van der Waals surface area contributed by atoms with Crippen molar-refractivity contribution in [1.82, 2.24) is 9.78 Å². The predicted molar refractivity (Wildman–Crippen MR) is 105 cm³/mol. The van der Waals surface area contributed by atoms with Gasteiger partial charge in [-0.05, 0) is 41.9 Å². The molecule has 28 heavy (non-hydrogen) atoms. The van der Waals surface area contributed by atoms with Crippen molar-refractivity contribution in [3.8, 4) is 0 Å². The van der Waals surface area contributed by atoms with E-state index in [1.54, 1.807) is 7.05 Å². The Kier molecular flexibility index (Phi) is 4.94. The van der Waals surface area contributed by atoms with Crippen molar-refractivity contribution in [2.24, 2.45) is 18.9 Å². The molecule has 1 heterocycles. The maximum atomic E-state index is 13.3. The highest BCUT2D eigenvalue weighted by molar-refractivity contribution is 5.62. The van der Waals surface area contributed by atoms with Crippen LogP contribution in [-0.2, 0) is 7.05 Å². The second kappa shape index (κ2) is 7.14. The summed E-state index contributed by atoms with van der Waals surface area (Å²) in [5.74, 6) is 3.55. The summed E-state index contributed by atoms with van der Waals surface area (Å²) in [7, 11) is 1.58. The van der Waals surface area contributed by atoms with Gasteiger partial charge in [-0.25, -0.2) is 8.78 Å². The van der Waals surface area contributed by atoms with Gasteiger partial charge in [0.05, 0.1) is 0 Å². The van der Waals surface area contributed by atoms with Crippen molar-refractivity contribution in [3.05, 3.63) is 52.7 Å². The zero-order valence-electron chi connectivity index (χ0n) is 16.8. The molecule has 0 spiro atoms. The first-order valence-corrected chi connectivity index (χ1v) is 9.98. The third-order valence-corrected chi connectivity index (χ3v) is 6.80. The molecule has 0 amide bonds. The molecule has 1 saturated carbocycles. The van der Waals surface area contributed by atoms with Crippen LogP contribution >= 0.6 is 0 Å². The number of aliphatic hydroxyl groups is 1. The van der Waals surface area contributed by atoms with E-state index < -0.39 is 12.7 Å². The third-order valence-electron chi connectivity index (χ3n) is 6.80. The van der Waals surface area contributed by atoms with E-state index in [1.807, 2.05) is 12.1 Å². The number of alkyl halides is 2. The second-order valence-corrected chi connectivity index (χ2v) is 8.53. The number of halogens is 2. The number of fused-ring (bicyclic) bond motifs is 5. The topological polar surface area (TPSA) is 50.1 Å². The highest BCUT2D eigenvalue weighted by Gasteiger charge is 2.47. The molecule has 4 rings (SSSR count). The van der Waals surface area contributed by atoms with Gasteiger partial charge in [-0.2, -0.15) is 24.9 Å². The van der Waals surface area contributed by atoms with Crippen LogP contribution in [0, 0.1) is 17.8 Å². The van der Waals surface area contributed by atoms with Gasteiger partial charge in [0.25, 0.3) is 6.43 Å². The SMILES string of the molecule is C[C-](C)[C@@H](C)C1C2CC[C@@H]1c1cccc(NC(O)c3cn(C)nc3C(F)F)c12. The molecule has 1 aromatic heterocycles. The molecule has 0 saturated heterocycles. The summed E-state index contributed by atoms with van der Waals surface area (Å²) >= 11 is 0. The van der Waals surface area contributed by atoms with E-state index in [0.717, 1.165) is 12.1 Å². The first kappa shape index (κ1) is 19.4. The van der Waals surface area contributed by atoms with Crippen LogP contribution in [0.2, 0.25) is 0 Å². The van der Waals surface area contributed by atoms with E-state index in [0.29, 0.717) is 23.7 Å². The van der Waals surface area contributed by atoms with E-state index in [9.17, 15) is 13.9 Å². The van der Waals surface area contributed by atoms with E-state index in [-0.39, 0.29) is 11.3 Å². The van der Waals surface area contributed by atoms with E-state index in [2.05, 4.69) is 37.3 Å². The summed E-state index contributed by atoms with van der Waals surface area (Å²) < 4.78 is 27.9. The lowest BCUT2D eigenvalue weighted by Gasteiger charge is -2.37. The molecular weight excluding hydrogens is 360 g/mol. The number of nitrogens with zero attached hydrogens (tertiary/aromatic N) is 2. The van der Waals surface area contributed by atoms with Gasteiger partial charge in [-0.3, -0.25) is 4.68 Å². The monoisotopic (exact) mass is 388 g/mol. The quantitative estimate of drug-likeness (QED) is 0.521. The van der Waals surface area contributed by atoms with Crippen molar-refractivity contribution in [2.75, 3.05) is 5.32 Å². The molecule has 4 nitrogen and oxygen atoms in total. The Bertz CT molecular complexity index is 863. The number of hydrogen-bond donors (Lipinski definition) is 2. The van der Waals surface area contributed by atoms with Crippen LogP contribution < -0.4 is 5.32 Å². The van der Waals surface area contributed by atoms with Gasteiger partial charge in [-0.1, -0.05) is 25.0 Å². The molecule has 2 N–H and O–H groups in total. The average molecular weight is 388 g/mol. The zero-order valence-corrected chi connectivity index (χ0v) is 16.8. The van der Waals surface area contributed by atoms with E-state index >= 15 is 0 Å². The Morgan fingerprint density at radius 1 is 1.25 bits per heavy atom. The number of aromatic nitrogens is 2. The first-order valence-electron chi connectivity index (χ1n) is 9.98. The van der Waals surface area contributed by atoms with Crippen molar-refractivity contribution in [3.63, 3.8) is 0 Å². The predicted octanol–water partition coefficient (Wildman–Crippen LogP) is 5.30. The number of rotatable bonds is 6. The fourth-order valence-electron chi connectivity index (χ4n) is 5.38. The molecule has 1 aromatic carbocycles. The minimum atomic E-state index is -2.72. The number of aliphatic hydroxyl groups excluding tert-OH is 1. The van der Waals surface area contributed by atoms with Gasteiger partial charge < -0.3 is 16.3 Å². The molecular formula is C22H28F2N3O-. The molecule has 0 aliphatic heterocycles. The highest BCUT2D eigenvalue weighted by Crippen LogP contribution is 2.62. The Morgan fingerprint density at radius 2 is 1.96 bits per heavy atom. The summed E-state index contributed by atoms with van der Waals surface area (Å²) in [6.07, 6.45) is -0.153. The van der Waals surface area contributed by atoms with Crippen LogP contribution in [0.3, 0.4) is 0 Å². The normalized spacial score (nSPS) is 25.4. The minimum Gasteiger partial charge on any atom is -0.369 e. The minimum absolute atomic E-state index is 0.126. The van der Waals surface area contributed by atoms with Gasteiger partial charge in [0, 0.05) is 24.5 Å². The van der Waals surface area contributed by atoms with Crippen LogP contribution in [0.4, 0.5) is 14.5 Å². The Morgan fingerprint density at radius 3 is 2.64 bits per heavy atom. The van der Waals surface area contributed by atoms with Crippen molar-refractivity contribution < 1.29 is 13.9 Å². The van der Waals surface area contributed by atoms with Crippen LogP contribution in [0.15, 0.2) is 24.4 Å². The largest absolute Gasteiger partial charge is 0.369 e. The Hall–Kier alpha value is -1.95. The summed E-state index contributed by atoms with van der Waals surface area (Å²) in [4.78, 5) is 0. The average Bonchev–Trinajstić information content (AvgIpc) is 3.32. The second-order valence-electron chi connectivity index (χ2n) is 8.53. The molecule has 3 unspecified atom stereocenters. The van der Waals surface area contributed by atoms with Crippen molar-refractivity contribution in [1.29, 1.82) is 0 Å². The lowest BCUT2D eigenvalue weighted by molar-refractivity contribution is 0.136. The number of nitrogens with one attached hydrogen (secondary N) is 1. The van der Waals surface area contributed by atoms with E-state index in [4.69, 9.17) is 0 Å². The van der Waals surface area contributed by atoms with Gasteiger partial charge in [0.1, 0.15) is 5.69 Å². The van der Waals surface area contributed by atoms with Crippen molar-refractivity contribution in [2.45, 2.75) is 58.1 Å². The van der Waals surface area contributed by atoms with Gasteiger partial charge in [0.15, 0.2) is 6.23 Å². The maximum Gasteiger partial charge on any atom is 0.282 e. The molecule has 5 atom stereocenters. The molecule has 2 aliphatic carbocycles. The smallest absolute Gasteiger partial charge is 0.282 e. The molecule has 2 aliphatic rings. The first-order chi connectivity index (χ1) is 13.3. The fraction of sp³-hybridized carbons (Fsp3) is 0.545. The van der Waals surface area contributed by atoms with Gasteiger partial charge >= 0.3 is 0 Å². The van der Waals surface area contributed by atoms with Crippen LogP contribution in [0.25, 0.3) is 0 Å². The molecule has 152 valence electrons. The molecule has 1 fully saturated rings. The fourth-order valence-corrected chi connectivity index (χ4v) is 5.38. The van der Waals surface area contributed by atoms with Crippen molar-refractivity contribution >= 4 is 5.69 Å². The number of anilines is 1. The summed E-state index contributed by atoms with van der Waals surface area (Å²) in [6.45, 7) is 6.71. The molecule has 2 bridgehead atoms. The Balaban J connectivity index is 1.65. The van der Waals surface area contributed by atoms with Gasteiger partial charge in [-0.15, -0.1) is 0 Å². The third kappa shape index (κ3) is 3.02. The Labute approximate surface area is 165 Å². The standard InChI is InChI=1S/C22H28F2N3O/c1-11(2)12(3)18-14-8-9-15(18)19-13(14)6-5-7-17(19)25-22(28)16-10-27(4)26-20(16)21(23)24/h5-7,10,12,14-15,18,21-22,25,28H,8-9H2,1-4H3/q-1/t12-,14-,15?,18?,22?/m1/s1. The summed E-state index contributed by atoms with van der Waals surface area (Å²) in [5, 5.41) is 17.6. The molecule has 2 aromatic rings. The van der Waals surface area contributed by atoms with Crippen LogP contribution in [-0.4, -0.2) is 14.9 Å². The zero-order chi connectivity index (χ0) is 20.2. The summed E-state index contributed by atoms with van der Waals surface area (Å²) in [6, 6.07) is 6.14. The molecule has 0 radical (unpaired) electrons. The van der Waals surface area contributed by atoms with E-state index in [1.165, 1.54) is 34.3 Å². The van der Waals surface area contributed by atoms with Gasteiger partial charge in [0.2, 0.25) is 0 Å². The number of aryl methyl sites for hydroxylation is 1. The van der Waals surface area contributed by atoms with Crippen LogP contribution in [0.1, 0.15) is 80.5 Å². The lowest BCUT2D eigenvalue weighted by atomic mass is 9.77. The maximum absolute atomic E-state index is 13.3. The lowest BCUT2D eigenvalue weighted by Crippen LogP contribution is -2.19. The molecule has 6 heteroatoms. The number of benzene rings is 1.